The van der Waals surface area contributed by atoms with E-state index < -0.39 is 0 Å². The Morgan fingerprint density at radius 1 is 0.973 bits per heavy atom. The third kappa shape index (κ3) is 5.07. The van der Waals surface area contributed by atoms with E-state index in [9.17, 15) is 9.59 Å². The van der Waals surface area contributed by atoms with Crippen LogP contribution in [0.1, 0.15) is 52.7 Å². The van der Waals surface area contributed by atoms with E-state index in [0.717, 1.165) is 59.0 Å². The minimum atomic E-state index is -0.0672. The Bertz CT molecular complexity index is 1530. The van der Waals surface area contributed by atoms with E-state index in [2.05, 4.69) is 42.3 Å². The van der Waals surface area contributed by atoms with Crippen molar-refractivity contribution >= 4 is 16.7 Å². The van der Waals surface area contributed by atoms with Gasteiger partial charge in [-0.05, 0) is 74.9 Å². The summed E-state index contributed by atoms with van der Waals surface area (Å²) in [4.78, 5) is 28.2. The van der Waals surface area contributed by atoms with Gasteiger partial charge in [-0.2, -0.15) is 5.10 Å². The van der Waals surface area contributed by atoms with Crippen LogP contribution in [-0.4, -0.2) is 32.7 Å². The lowest BCUT2D eigenvalue weighted by Gasteiger charge is -2.23. The number of hydrogen-bond acceptors (Lipinski definition) is 4. The van der Waals surface area contributed by atoms with Gasteiger partial charge in [-0.25, -0.2) is 4.68 Å². The third-order valence-corrected chi connectivity index (χ3v) is 7.41. The summed E-state index contributed by atoms with van der Waals surface area (Å²) in [5.41, 5.74) is 5.96. The van der Waals surface area contributed by atoms with Gasteiger partial charge >= 0.3 is 0 Å². The maximum Gasteiger partial charge on any atom is 0.275 e. The van der Waals surface area contributed by atoms with Gasteiger partial charge in [0.05, 0.1) is 17.7 Å². The number of aromatic nitrogens is 2. The molecule has 1 amide bonds. The Labute approximate surface area is 216 Å². The SMILES string of the molecule is Cc1ccc(C)c(-c2nn(CN(Cc3ccc(C(=O)NC4CC4)cc3)C3CC3)c(=O)c3ccccc23)c1. The summed E-state index contributed by atoms with van der Waals surface area (Å²) in [5.74, 6) is -0.000938. The Hall–Kier alpha value is -3.77. The fourth-order valence-corrected chi connectivity index (χ4v) is 4.92. The molecule has 0 aliphatic heterocycles. The number of benzene rings is 3. The predicted octanol–water partition coefficient (Wildman–Crippen LogP) is 5.19. The van der Waals surface area contributed by atoms with Crippen molar-refractivity contribution in [2.45, 2.75) is 64.8 Å². The van der Waals surface area contributed by atoms with Gasteiger partial charge in [-0.3, -0.25) is 14.5 Å². The van der Waals surface area contributed by atoms with Gasteiger partial charge in [0.15, 0.2) is 0 Å². The molecule has 37 heavy (non-hydrogen) atoms. The molecule has 3 aromatic carbocycles. The molecule has 0 unspecified atom stereocenters. The number of hydrogen-bond donors (Lipinski definition) is 1. The average molecular weight is 493 g/mol. The molecule has 2 saturated carbocycles. The molecule has 0 spiro atoms. The maximum atomic E-state index is 13.5. The van der Waals surface area contributed by atoms with Gasteiger partial charge in [0, 0.05) is 35.1 Å². The van der Waals surface area contributed by atoms with Crippen LogP contribution in [0.4, 0.5) is 0 Å². The average Bonchev–Trinajstić information content (AvgIpc) is 3.83. The number of aryl methyl sites for hydroxylation is 2. The predicted molar refractivity (Wildman–Crippen MR) is 146 cm³/mol. The van der Waals surface area contributed by atoms with Crippen LogP contribution in [0, 0.1) is 13.8 Å². The van der Waals surface area contributed by atoms with Crippen LogP contribution in [0.5, 0.6) is 0 Å². The summed E-state index contributed by atoms with van der Waals surface area (Å²) >= 11 is 0. The molecule has 2 fully saturated rings. The van der Waals surface area contributed by atoms with Gasteiger partial charge in [-0.1, -0.05) is 48.0 Å². The van der Waals surface area contributed by atoms with E-state index in [0.29, 0.717) is 36.2 Å². The van der Waals surface area contributed by atoms with Crippen LogP contribution in [0.25, 0.3) is 22.0 Å². The number of nitrogens with zero attached hydrogens (tertiary/aromatic N) is 3. The number of amides is 1. The molecule has 2 aliphatic carbocycles. The summed E-state index contributed by atoms with van der Waals surface area (Å²) in [6.45, 7) is 5.30. The molecule has 4 aromatic rings. The van der Waals surface area contributed by atoms with E-state index >= 15 is 0 Å². The van der Waals surface area contributed by atoms with Gasteiger partial charge < -0.3 is 5.32 Å². The second kappa shape index (κ2) is 9.60. The Balaban J connectivity index is 1.31. The minimum absolute atomic E-state index is 0.000938. The zero-order valence-corrected chi connectivity index (χ0v) is 21.4. The summed E-state index contributed by atoms with van der Waals surface area (Å²) in [5, 5.41) is 9.56. The second-order valence-corrected chi connectivity index (χ2v) is 10.6. The van der Waals surface area contributed by atoms with Crippen molar-refractivity contribution < 1.29 is 4.79 Å². The first-order chi connectivity index (χ1) is 18.0. The Morgan fingerprint density at radius 3 is 2.41 bits per heavy atom. The van der Waals surface area contributed by atoms with Crippen molar-refractivity contribution in [1.29, 1.82) is 0 Å². The molecular formula is C31H32N4O2. The highest BCUT2D eigenvalue weighted by Gasteiger charge is 2.30. The van der Waals surface area contributed by atoms with E-state index in [1.165, 1.54) is 0 Å². The molecule has 1 heterocycles. The number of rotatable bonds is 8. The van der Waals surface area contributed by atoms with Crippen molar-refractivity contribution in [3.63, 3.8) is 0 Å². The van der Waals surface area contributed by atoms with Gasteiger partial charge in [0.2, 0.25) is 0 Å². The number of nitrogens with one attached hydrogen (secondary N) is 1. The van der Waals surface area contributed by atoms with Crippen molar-refractivity contribution in [1.82, 2.24) is 20.0 Å². The molecule has 0 bridgehead atoms. The number of carbonyl (C=O) groups is 1. The summed E-state index contributed by atoms with van der Waals surface area (Å²) < 4.78 is 1.63. The Kier molecular flexibility index (Phi) is 6.13. The van der Waals surface area contributed by atoms with Crippen LogP contribution in [0.2, 0.25) is 0 Å². The highest BCUT2D eigenvalue weighted by Crippen LogP contribution is 2.31. The third-order valence-electron chi connectivity index (χ3n) is 7.41. The highest BCUT2D eigenvalue weighted by atomic mass is 16.2. The largest absolute Gasteiger partial charge is 0.349 e. The lowest BCUT2D eigenvalue weighted by Crippen LogP contribution is -2.35. The molecular weight excluding hydrogens is 460 g/mol. The molecule has 6 nitrogen and oxygen atoms in total. The smallest absolute Gasteiger partial charge is 0.275 e. The maximum absolute atomic E-state index is 13.5. The van der Waals surface area contributed by atoms with E-state index in [1.54, 1.807) is 4.68 Å². The van der Waals surface area contributed by atoms with E-state index in [4.69, 9.17) is 5.10 Å². The first-order valence-corrected chi connectivity index (χ1v) is 13.2. The van der Waals surface area contributed by atoms with Gasteiger partial charge in [-0.15, -0.1) is 0 Å². The van der Waals surface area contributed by atoms with Gasteiger partial charge in [0.25, 0.3) is 11.5 Å². The molecule has 188 valence electrons. The van der Waals surface area contributed by atoms with Crippen LogP contribution in [0.3, 0.4) is 0 Å². The second-order valence-electron chi connectivity index (χ2n) is 10.6. The zero-order chi connectivity index (χ0) is 25.5. The normalized spacial score (nSPS) is 15.3. The summed E-state index contributed by atoms with van der Waals surface area (Å²) in [6, 6.07) is 22.8. The van der Waals surface area contributed by atoms with Crippen molar-refractivity contribution in [2.24, 2.45) is 0 Å². The van der Waals surface area contributed by atoms with Crippen molar-refractivity contribution in [3.8, 4) is 11.3 Å². The minimum Gasteiger partial charge on any atom is -0.349 e. The molecule has 6 rings (SSSR count). The lowest BCUT2D eigenvalue weighted by molar-refractivity contribution is 0.0951. The molecule has 2 aliphatic rings. The molecule has 1 aromatic heterocycles. The topological polar surface area (TPSA) is 67.2 Å². The standard InChI is InChI=1S/C31H32N4O2/c1-20-7-8-21(2)28(17-20)29-26-5-3-4-6-27(26)31(37)35(33-29)19-34(25-15-16-25)18-22-9-11-23(12-10-22)30(36)32-24-13-14-24/h3-12,17,24-25H,13-16,18-19H2,1-2H3,(H,32,36). The van der Waals surface area contributed by atoms with E-state index in [1.807, 2.05) is 48.5 Å². The molecule has 0 radical (unpaired) electrons. The van der Waals surface area contributed by atoms with Crippen LogP contribution in [-0.2, 0) is 13.2 Å². The lowest BCUT2D eigenvalue weighted by atomic mass is 9.99. The quantitative estimate of drug-likeness (QED) is 0.367. The fourth-order valence-electron chi connectivity index (χ4n) is 4.92. The zero-order valence-electron chi connectivity index (χ0n) is 21.4. The van der Waals surface area contributed by atoms with Crippen LogP contribution >= 0.6 is 0 Å². The highest BCUT2D eigenvalue weighted by molar-refractivity contribution is 5.95. The van der Waals surface area contributed by atoms with Crippen molar-refractivity contribution in [3.05, 3.63) is 99.3 Å². The molecule has 0 saturated heterocycles. The van der Waals surface area contributed by atoms with Gasteiger partial charge in [0.1, 0.15) is 0 Å². The molecule has 1 N–H and O–H groups in total. The van der Waals surface area contributed by atoms with Crippen molar-refractivity contribution in [2.75, 3.05) is 0 Å². The van der Waals surface area contributed by atoms with E-state index in [-0.39, 0.29) is 11.5 Å². The summed E-state index contributed by atoms with van der Waals surface area (Å²) in [6.07, 6.45) is 4.39. The first-order valence-electron chi connectivity index (χ1n) is 13.2. The van der Waals surface area contributed by atoms with Crippen LogP contribution < -0.4 is 10.9 Å². The monoisotopic (exact) mass is 492 g/mol. The molecule has 6 heteroatoms. The fraction of sp³-hybridized carbons (Fsp3) is 0.323. The van der Waals surface area contributed by atoms with Crippen LogP contribution in [0.15, 0.2) is 71.5 Å². The molecule has 0 atom stereocenters. The number of carbonyl (C=O) groups excluding carboxylic acids is 1. The first kappa shape index (κ1) is 23.6. The summed E-state index contributed by atoms with van der Waals surface area (Å²) in [7, 11) is 0. The Morgan fingerprint density at radius 2 is 1.70 bits per heavy atom. The number of fused-ring (bicyclic) bond motifs is 1.